The predicted octanol–water partition coefficient (Wildman–Crippen LogP) is 2.59. The van der Waals surface area contributed by atoms with Crippen molar-refractivity contribution in [1.29, 1.82) is 0 Å². The number of fused-ring (bicyclic) bond motifs is 3. The first-order chi connectivity index (χ1) is 10.3. The molecule has 0 aromatic carbocycles. The van der Waals surface area contributed by atoms with E-state index in [0.717, 1.165) is 30.4 Å². The van der Waals surface area contributed by atoms with Crippen LogP contribution in [0.25, 0.3) is 0 Å². The summed E-state index contributed by atoms with van der Waals surface area (Å²) >= 11 is 0. The van der Waals surface area contributed by atoms with E-state index in [1.54, 1.807) is 0 Å². The van der Waals surface area contributed by atoms with E-state index >= 15 is 0 Å². The summed E-state index contributed by atoms with van der Waals surface area (Å²) in [6, 6.07) is 0. The predicted molar refractivity (Wildman–Crippen MR) is 87.1 cm³/mol. The normalized spacial score (nSPS) is 48.2. The monoisotopic (exact) mass is 304 g/mol. The maximum atomic E-state index is 10.7. The Kier molecular flexibility index (Phi) is 3.87. The van der Waals surface area contributed by atoms with Crippen LogP contribution in [0.3, 0.4) is 0 Å². The summed E-state index contributed by atoms with van der Waals surface area (Å²) in [4.78, 5) is 0. The zero-order chi connectivity index (χ0) is 16.1. The standard InChI is InChI=1S/C19H28O3/c1-4-19(11-20)6-5-15-14(10-19)17(22)8-16-12(2)7-13(21)9-18(15,16)3/h4,10,13,15-17,20-22H,1-2,5-9,11H2,3H3/t13-,15-,16-,17-,18+,19+/m0/s1. The molecule has 0 saturated heterocycles. The topological polar surface area (TPSA) is 60.7 Å². The summed E-state index contributed by atoms with van der Waals surface area (Å²) in [7, 11) is 0. The second-order valence-electron chi connectivity index (χ2n) is 7.86. The van der Waals surface area contributed by atoms with Gasteiger partial charge in [-0.3, -0.25) is 0 Å². The van der Waals surface area contributed by atoms with Gasteiger partial charge >= 0.3 is 0 Å². The molecule has 0 unspecified atom stereocenters. The van der Waals surface area contributed by atoms with Gasteiger partial charge in [-0.25, -0.2) is 0 Å². The Hall–Kier alpha value is -0.900. The van der Waals surface area contributed by atoms with Gasteiger partial charge in [-0.1, -0.05) is 31.2 Å². The third-order valence-electron chi connectivity index (χ3n) is 6.56. The van der Waals surface area contributed by atoms with Gasteiger partial charge in [-0.05, 0) is 54.9 Å². The maximum absolute atomic E-state index is 10.7. The largest absolute Gasteiger partial charge is 0.395 e. The van der Waals surface area contributed by atoms with Gasteiger partial charge in [0, 0.05) is 5.41 Å². The van der Waals surface area contributed by atoms with Gasteiger partial charge in [0.25, 0.3) is 0 Å². The summed E-state index contributed by atoms with van der Waals surface area (Å²) in [6.45, 7) is 10.3. The number of hydrogen-bond donors (Lipinski definition) is 3. The molecule has 0 bridgehead atoms. The lowest BCUT2D eigenvalue weighted by Gasteiger charge is -2.57. The van der Waals surface area contributed by atoms with Gasteiger partial charge in [0.05, 0.1) is 18.8 Å². The molecule has 3 rings (SSSR count). The Balaban J connectivity index is 2.02. The first kappa shape index (κ1) is 16.0. The van der Waals surface area contributed by atoms with E-state index in [9.17, 15) is 15.3 Å². The second kappa shape index (κ2) is 5.33. The van der Waals surface area contributed by atoms with Gasteiger partial charge in [0.15, 0.2) is 0 Å². The smallest absolute Gasteiger partial charge is 0.0759 e. The zero-order valence-electron chi connectivity index (χ0n) is 13.5. The highest BCUT2D eigenvalue weighted by molar-refractivity contribution is 5.32. The summed E-state index contributed by atoms with van der Waals surface area (Å²) in [5, 5.41) is 30.7. The van der Waals surface area contributed by atoms with Crippen molar-refractivity contribution in [3.63, 3.8) is 0 Å². The van der Waals surface area contributed by atoms with Gasteiger partial charge in [-0.2, -0.15) is 0 Å². The number of hydrogen-bond acceptors (Lipinski definition) is 3. The first-order valence-electron chi connectivity index (χ1n) is 8.36. The average molecular weight is 304 g/mol. The molecule has 22 heavy (non-hydrogen) atoms. The van der Waals surface area contributed by atoms with Crippen LogP contribution in [0.5, 0.6) is 0 Å². The third kappa shape index (κ3) is 2.22. The fourth-order valence-electron chi connectivity index (χ4n) is 5.29. The van der Waals surface area contributed by atoms with Crippen molar-refractivity contribution in [2.75, 3.05) is 6.61 Å². The van der Waals surface area contributed by atoms with E-state index in [2.05, 4.69) is 26.2 Å². The molecular formula is C19H28O3. The highest BCUT2D eigenvalue weighted by Gasteiger charge is 2.54. The quantitative estimate of drug-likeness (QED) is 0.687. The zero-order valence-corrected chi connectivity index (χ0v) is 13.5. The highest BCUT2D eigenvalue weighted by Crippen LogP contribution is 2.60. The fraction of sp³-hybridized carbons (Fsp3) is 0.684. The van der Waals surface area contributed by atoms with E-state index in [-0.39, 0.29) is 30.0 Å². The highest BCUT2D eigenvalue weighted by atomic mass is 16.3. The molecule has 3 aliphatic rings. The van der Waals surface area contributed by atoms with Crippen molar-refractivity contribution in [2.45, 2.75) is 51.2 Å². The molecular weight excluding hydrogens is 276 g/mol. The minimum absolute atomic E-state index is 0.0366. The van der Waals surface area contributed by atoms with E-state index in [1.807, 2.05) is 6.08 Å². The van der Waals surface area contributed by atoms with Crippen LogP contribution in [0.4, 0.5) is 0 Å². The van der Waals surface area contributed by atoms with Crippen LogP contribution in [0.2, 0.25) is 0 Å². The number of aliphatic hydroxyl groups excluding tert-OH is 3. The summed E-state index contributed by atoms with van der Waals surface area (Å²) in [5.74, 6) is 0.533. The molecule has 3 heteroatoms. The van der Waals surface area contributed by atoms with Crippen LogP contribution < -0.4 is 0 Å². The van der Waals surface area contributed by atoms with Crippen molar-refractivity contribution in [3.8, 4) is 0 Å². The van der Waals surface area contributed by atoms with Crippen molar-refractivity contribution in [2.24, 2.45) is 22.7 Å². The SMILES string of the molecule is C=C[C@]1(CO)C=C2[C@@H](O)C[C@H]3C(=C)C[C@H](O)C[C@]3(C)[C@H]2CC1. The average Bonchev–Trinajstić information content (AvgIpc) is 2.49. The number of rotatable bonds is 2. The molecule has 0 amide bonds. The minimum Gasteiger partial charge on any atom is -0.395 e. The van der Waals surface area contributed by atoms with Crippen molar-refractivity contribution < 1.29 is 15.3 Å². The number of aliphatic hydroxyl groups is 3. The molecule has 2 fully saturated rings. The first-order valence-corrected chi connectivity index (χ1v) is 8.36. The fourth-order valence-corrected chi connectivity index (χ4v) is 5.29. The van der Waals surface area contributed by atoms with E-state index in [4.69, 9.17) is 0 Å². The van der Waals surface area contributed by atoms with Crippen LogP contribution in [0, 0.1) is 22.7 Å². The van der Waals surface area contributed by atoms with Crippen LogP contribution in [-0.2, 0) is 0 Å². The third-order valence-corrected chi connectivity index (χ3v) is 6.56. The molecule has 2 saturated carbocycles. The van der Waals surface area contributed by atoms with Crippen LogP contribution in [0.15, 0.2) is 36.5 Å². The van der Waals surface area contributed by atoms with Gasteiger partial charge in [0.2, 0.25) is 0 Å². The van der Waals surface area contributed by atoms with Gasteiger partial charge in [0.1, 0.15) is 0 Å². The van der Waals surface area contributed by atoms with E-state index in [1.165, 1.54) is 0 Å². The Morgan fingerprint density at radius 1 is 1.36 bits per heavy atom. The second-order valence-corrected chi connectivity index (χ2v) is 7.86. The van der Waals surface area contributed by atoms with Gasteiger partial charge in [-0.15, -0.1) is 6.58 Å². The molecule has 3 N–H and O–H groups in total. The molecule has 0 aromatic rings. The Morgan fingerprint density at radius 3 is 2.73 bits per heavy atom. The molecule has 3 nitrogen and oxygen atoms in total. The molecule has 0 radical (unpaired) electrons. The van der Waals surface area contributed by atoms with Crippen LogP contribution in [-0.4, -0.2) is 34.1 Å². The molecule has 3 aliphatic carbocycles. The minimum atomic E-state index is -0.471. The Bertz CT molecular complexity index is 523. The molecule has 6 atom stereocenters. The van der Waals surface area contributed by atoms with E-state index in [0.29, 0.717) is 12.8 Å². The molecule has 0 aliphatic heterocycles. The summed E-state index contributed by atoms with van der Waals surface area (Å²) in [6.07, 6.45) is 6.95. The van der Waals surface area contributed by atoms with Gasteiger partial charge < -0.3 is 15.3 Å². The lowest BCUT2D eigenvalue weighted by molar-refractivity contribution is -0.0425. The van der Waals surface area contributed by atoms with Crippen molar-refractivity contribution >= 4 is 0 Å². The van der Waals surface area contributed by atoms with Crippen LogP contribution >= 0.6 is 0 Å². The van der Waals surface area contributed by atoms with Crippen molar-refractivity contribution in [3.05, 3.63) is 36.5 Å². The lowest BCUT2D eigenvalue weighted by atomic mass is 9.49. The maximum Gasteiger partial charge on any atom is 0.0759 e. The van der Waals surface area contributed by atoms with Crippen molar-refractivity contribution in [1.82, 2.24) is 0 Å². The van der Waals surface area contributed by atoms with E-state index < -0.39 is 11.5 Å². The molecule has 122 valence electrons. The molecule has 0 aromatic heterocycles. The lowest BCUT2D eigenvalue weighted by Crippen LogP contribution is -2.52. The van der Waals surface area contributed by atoms with Crippen LogP contribution in [0.1, 0.15) is 39.0 Å². The Morgan fingerprint density at radius 2 is 2.09 bits per heavy atom. The summed E-state index contributed by atoms with van der Waals surface area (Å²) < 4.78 is 0. The molecule has 0 spiro atoms. The summed E-state index contributed by atoms with van der Waals surface area (Å²) in [5.41, 5.74) is 1.69. The Labute approximate surface area is 133 Å². The molecule has 0 heterocycles.